The molecule has 0 aromatic carbocycles. The molecule has 17 heavy (non-hydrogen) atoms. The summed E-state index contributed by atoms with van der Waals surface area (Å²) in [5, 5.41) is 8.91. The van der Waals surface area contributed by atoms with Gasteiger partial charge in [-0.2, -0.15) is 11.8 Å². The van der Waals surface area contributed by atoms with Gasteiger partial charge in [0.1, 0.15) is 0 Å². The van der Waals surface area contributed by atoms with Gasteiger partial charge < -0.3 is 10.0 Å². The van der Waals surface area contributed by atoms with Crippen LogP contribution < -0.4 is 0 Å². The van der Waals surface area contributed by atoms with E-state index < -0.39 is 0 Å². The molecule has 0 aliphatic heterocycles. The second kappa shape index (κ2) is 7.77. The third-order valence-electron chi connectivity index (χ3n) is 2.92. The monoisotopic (exact) mass is 257 g/mol. The maximum Gasteiger partial charge on any atom is 0.236 e. The molecule has 3 nitrogen and oxygen atoms in total. The Morgan fingerprint density at radius 2 is 2.41 bits per heavy atom. The van der Waals surface area contributed by atoms with Crippen LogP contribution in [0.2, 0.25) is 0 Å². The van der Waals surface area contributed by atoms with Gasteiger partial charge in [0.2, 0.25) is 5.91 Å². The molecule has 0 radical (unpaired) electrons. The first-order chi connectivity index (χ1) is 8.19. The molecule has 1 atom stereocenters. The van der Waals surface area contributed by atoms with Crippen LogP contribution in [0.15, 0.2) is 11.8 Å². The number of hydrogen-bond acceptors (Lipinski definition) is 3. The van der Waals surface area contributed by atoms with Gasteiger partial charge in [0.05, 0.1) is 5.75 Å². The molecular formula is C13H23NO2S. The van der Waals surface area contributed by atoms with E-state index in [1.807, 2.05) is 18.7 Å². The number of carbonyl (C=O) groups excluding carboxylic acids is 1. The van der Waals surface area contributed by atoms with Crippen molar-refractivity contribution in [1.29, 1.82) is 0 Å². The Bertz CT molecular complexity index is 279. The molecule has 1 unspecified atom stereocenters. The van der Waals surface area contributed by atoms with Gasteiger partial charge in [-0.1, -0.05) is 13.0 Å². The molecule has 98 valence electrons. The van der Waals surface area contributed by atoms with Crippen LogP contribution in [0.4, 0.5) is 0 Å². The molecule has 0 aromatic rings. The number of carbonyl (C=O) groups is 1. The first-order valence-electron chi connectivity index (χ1n) is 6.37. The average molecular weight is 257 g/mol. The van der Waals surface area contributed by atoms with Gasteiger partial charge >= 0.3 is 0 Å². The lowest BCUT2D eigenvalue weighted by Crippen LogP contribution is -2.31. The first kappa shape index (κ1) is 14.6. The minimum atomic E-state index is 0.198. The summed E-state index contributed by atoms with van der Waals surface area (Å²) in [4.78, 5) is 13.9. The van der Waals surface area contributed by atoms with Crippen LogP contribution in [0.1, 0.15) is 33.1 Å². The van der Waals surface area contributed by atoms with Crippen LogP contribution in [0.5, 0.6) is 0 Å². The predicted octanol–water partition coefficient (Wildman–Crippen LogP) is 2.26. The SMILES string of the molecule is CCN(C(=O)CSCC(C)CO)C1=CCCC1. The van der Waals surface area contributed by atoms with E-state index in [0.717, 1.165) is 25.1 Å². The van der Waals surface area contributed by atoms with E-state index in [-0.39, 0.29) is 18.4 Å². The largest absolute Gasteiger partial charge is 0.396 e. The predicted molar refractivity (Wildman–Crippen MR) is 72.9 cm³/mol. The van der Waals surface area contributed by atoms with Crippen LogP contribution in [0.25, 0.3) is 0 Å². The molecule has 0 heterocycles. The fraction of sp³-hybridized carbons (Fsp3) is 0.769. The van der Waals surface area contributed by atoms with Gasteiger partial charge in [-0.25, -0.2) is 0 Å². The van der Waals surface area contributed by atoms with Gasteiger partial charge in [-0.3, -0.25) is 4.79 Å². The molecule has 0 fully saturated rings. The lowest BCUT2D eigenvalue weighted by Gasteiger charge is -2.22. The summed E-state index contributed by atoms with van der Waals surface area (Å²) in [6, 6.07) is 0. The van der Waals surface area contributed by atoms with Gasteiger partial charge in [-0.05, 0) is 37.9 Å². The van der Waals surface area contributed by atoms with E-state index in [1.165, 1.54) is 12.1 Å². The molecular weight excluding hydrogens is 234 g/mol. The summed E-state index contributed by atoms with van der Waals surface area (Å²) in [6.45, 7) is 4.98. The van der Waals surface area contributed by atoms with Crippen molar-refractivity contribution >= 4 is 17.7 Å². The zero-order valence-electron chi connectivity index (χ0n) is 10.8. The summed E-state index contributed by atoms with van der Waals surface area (Å²) in [5.74, 6) is 1.85. The number of rotatable bonds is 7. The van der Waals surface area contributed by atoms with Gasteiger partial charge in [0, 0.05) is 18.8 Å². The second-order valence-electron chi connectivity index (χ2n) is 4.53. The maximum absolute atomic E-state index is 12.0. The minimum absolute atomic E-state index is 0.198. The Kier molecular flexibility index (Phi) is 6.66. The molecule has 1 aliphatic carbocycles. The van der Waals surface area contributed by atoms with E-state index in [9.17, 15) is 4.79 Å². The number of aliphatic hydroxyl groups excluding tert-OH is 1. The highest BCUT2D eigenvalue weighted by molar-refractivity contribution is 7.99. The van der Waals surface area contributed by atoms with Crippen molar-refractivity contribution < 1.29 is 9.90 Å². The number of amides is 1. The van der Waals surface area contributed by atoms with Gasteiger partial charge in [0.25, 0.3) is 0 Å². The molecule has 1 rings (SSSR count). The van der Waals surface area contributed by atoms with Crippen molar-refractivity contribution in [1.82, 2.24) is 4.90 Å². The highest BCUT2D eigenvalue weighted by atomic mass is 32.2. The zero-order chi connectivity index (χ0) is 12.7. The van der Waals surface area contributed by atoms with Crippen LogP contribution >= 0.6 is 11.8 Å². The molecule has 1 amide bonds. The summed E-state index contributed by atoms with van der Waals surface area (Å²) < 4.78 is 0. The first-order valence-corrected chi connectivity index (χ1v) is 7.52. The van der Waals surface area contributed by atoms with Crippen molar-refractivity contribution in [3.05, 3.63) is 11.8 Å². The Hall–Kier alpha value is -0.480. The van der Waals surface area contributed by atoms with Crippen molar-refractivity contribution in [3.8, 4) is 0 Å². The smallest absolute Gasteiger partial charge is 0.236 e. The summed E-state index contributed by atoms with van der Waals surface area (Å²) >= 11 is 1.62. The molecule has 1 N–H and O–H groups in total. The number of aliphatic hydroxyl groups is 1. The lowest BCUT2D eigenvalue weighted by molar-refractivity contribution is -0.126. The van der Waals surface area contributed by atoms with Crippen molar-refractivity contribution in [2.45, 2.75) is 33.1 Å². The van der Waals surface area contributed by atoms with Crippen LogP contribution in [0.3, 0.4) is 0 Å². The number of allylic oxidation sites excluding steroid dienone is 2. The quantitative estimate of drug-likeness (QED) is 0.760. The zero-order valence-corrected chi connectivity index (χ0v) is 11.6. The van der Waals surface area contributed by atoms with Crippen LogP contribution in [-0.4, -0.2) is 40.6 Å². The third-order valence-corrected chi connectivity index (χ3v) is 4.18. The van der Waals surface area contributed by atoms with E-state index in [0.29, 0.717) is 5.75 Å². The highest BCUT2D eigenvalue weighted by Gasteiger charge is 2.18. The third kappa shape index (κ3) is 4.72. The van der Waals surface area contributed by atoms with E-state index in [4.69, 9.17) is 5.11 Å². The van der Waals surface area contributed by atoms with Gasteiger partial charge in [-0.15, -0.1) is 0 Å². The number of nitrogens with zero attached hydrogens (tertiary/aromatic N) is 1. The fourth-order valence-electron chi connectivity index (χ4n) is 1.92. The molecule has 0 saturated carbocycles. The van der Waals surface area contributed by atoms with Crippen molar-refractivity contribution in [3.63, 3.8) is 0 Å². The average Bonchev–Trinajstić information content (AvgIpc) is 2.83. The summed E-state index contributed by atoms with van der Waals surface area (Å²) in [6.07, 6.45) is 5.50. The fourth-order valence-corrected chi connectivity index (χ4v) is 2.87. The highest BCUT2D eigenvalue weighted by Crippen LogP contribution is 2.22. The minimum Gasteiger partial charge on any atom is -0.396 e. The van der Waals surface area contributed by atoms with E-state index in [1.54, 1.807) is 11.8 Å². The van der Waals surface area contributed by atoms with Crippen molar-refractivity contribution in [2.75, 3.05) is 24.7 Å². The standard InChI is InChI=1S/C13H23NO2S/c1-3-14(12-6-4-5-7-12)13(16)10-17-9-11(2)8-15/h6,11,15H,3-5,7-10H2,1-2H3. The Morgan fingerprint density at radius 1 is 1.65 bits per heavy atom. The van der Waals surface area contributed by atoms with Crippen molar-refractivity contribution in [2.24, 2.45) is 5.92 Å². The van der Waals surface area contributed by atoms with Crippen LogP contribution in [0, 0.1) is 5.92 Å². The lowest BCUT2D eigenvalue weighted by atomic mass is 10.2. The Labute approximate surface area is 108 Å². The normalized spacial score (nSPS) is 16.8. The molecule has 4 heteroatoms. The van der Waals surface area contributed by atoms with E-state index in [2.05, 4.69) is 6.08 Å². The number of thioether (sulfide) groups is 1. The van der Waals surface area contributed by atoms with E-state index >= 15 is 0 Å². The molecule has 0 spiro atoms. The summed E-state index contributed by atoms with van der Waals surface area (Å²) in [5.41, 5.74) is 1.20. The Morgan fingerprint density at radius 3 is 2.94 bits per heavy atom. The second-order valence-corrected chi connectivity index (χ2v) is 5.56. The topological polar surface area (TPSA) is 40.5 Å². The van der Waals surface area contributed by atoms with Crippen LogP contribution in [-0.2, 0) is 4.79 Å². The number of hydrogen-bond donors (Lipinski definition) is 1. The maximum atomic E-state index is 12.0. The molecule has 0 aromatic heterocycles. The Balaban J connectivity index is 2.34. The molecule has 0 bridgehead atoms. The summed E-state index contributed by atoms with van der Waals surface area (Å²) in [7, 11) is 0. The molecule has 1 aliphatic rings. The van der Waals surface area contributed by atoms with Gasteiger partial charge in [0.15, 0.2) is 0 Å². The molecule has 0 saturated heterocycles.